The molecule has 3 atom stereocenters. The van der Waals surface area contributed by atoms with Gasteiger partial charge in [0.25, 0.3) is 0 Å². The number of nitrogens with zero attached hydrogens (tertiary/aromatic N) is 2. The average molecular weight is 327 g/mol. The molecule has 0 aromatic carbocycles. The molecule has 19 heavy (non-hydrogen) atoms. The largest absolute Gasteiger partial charge is 0.338 e. The van der Waals surface area contributed by atoms with Crippen LogP contribution in [0, 0.1) is 17.3 Å². The fourth-order valence-electron chi connectivity index (χ4n) is 3.45. The quantitative estimate of drug-likeness (QED) is 0.740. The molecule has 2 nitrogen and oxygen atoms in total. The Kier molecular flexibility index (Phi) is 4.75. The van der Waals surface area contributed by atoms with E-state index in [1.807, 2.05) is 12.4 Å². The van der Waals surface area contributed by atoms with E-state index in [0.717, 1.165) is 18.3 Å². The predicted octanol–water partition coefficient (Wildman–Crippen LogP) is 4.58. The van der Waals surface area contributed by atoms with Crippen molar-refractivity contribution < 1.29 is 0 Å². The summed E-state index contributed by atoms with van der Waals surface area (Å²) in [6.45, 7) is 7.25. The molecule has 1 aromatic rings. The highest BCUT2D eigenvalue weighted by Gasteiger charge is 2.37. The van der Waals surface area contributed by atoms with E-state index in [0.29, 0.717) is 10.2 Å². The molecule has 1 saturated carbocycles. The molecule has 3 heteroatoms. The lowest BCUT2D eigenvalue weighted by atomic mass is 9.67. The Balaban J connectivity index is 1.96. The molecule has 1 fully saturated rings. The third kappa shape index (κ3) is 3.62. The Labute approximate surface area is 126 Å². The molecular formula is C16H27BrN2. The second kappa shape index (κ2) is 5.99. The van der Waals surface area contributed by atoms with Crippen LogP contribution < -0.4 is 0 Å². The van der Waals surface area contributed by atoms with Crippen molar-refractivity contribution in [1.82, 2.24) is 9.55 Å². The molecule has 0 radical (unpaired) electrons. The molecule has 1 aliphatic rings. The van der Waals surface area contributed by atoms with Crippen molar-refractivity contribution in [2.24, 2.45) is 24.3 Å². The minimum atomic E-state index is 0.389. The highest BCUT2D eigenvalue weighted by molar-refractivity contribution is 9.09. The van der Waals surface area contributed by atoms with E-state index in [4.69, 9.17) is 0 Å². The van der Waals surface area contributed by atoms with Crippen molar-refractivity contribution in [3.63, 3.8) is 0 Å². The van der Waals surface area contributed by atoms with Gasteiger partial charge in [0.15, 0.2) is 0 Å². The Bertz CT molecular complexity index is 411. The molecule has 1 aliphatic carbocycles. The van der Waals surface area contributed by atoms with Crippen molar-refractivity contribution in [1.29, 1.82) is 0 Å². The molecule has 0 saturated heterocycles. The summed E-state index contributed by atoms with van der Waals surface area (Å²) in [4.78, 5) is 5.13. The maximum atomic E-state index is 4.45. The normalized spacial score (nSPS) is 28.6. The second-order valence-electron chi connectivity index (χ2n) is 6.98. The minimum absolute atomic E-state index is 0.389. The van der Waals surface area contributed by atoms with Gasteiger partial charge in [0, 0.05) is 30.7 Å². The van der Waals surface area contributed by atoms with Crippen LogP contribution in [0.25, 0.3) is 0 Å². The zero-order valence-electron chi connectivity index (χ0n) is 12.7. The Morgan fingerprint density at radius 2 is 2.16 bits per heavy atom. The summed E-state index contributed by atoms with van der Waals surface area (Å²) in [7, 11) is 2.09. The van der Waals surface area contributed by atoms with Crippen LogP contribution in [0.4, 0.5) is 0 Å². The molecule has 2 rings (SSSR count). The molecule has 1 heterocycles. The molecule has 108 valence electrons. The van der Waals surface area contributed by atoms with Crippen molar-refractivity contribution in [2.75, 3.05) is 0 Å². The van der Waals surface area contributed by atoms with Crippen LogP contribution in [-0.4, -0.2) is 14.4 Å². The van der Waals surface area contributed by atoms with Gasteiger partial charge in [-0.25, -0.2) is 4.98 Å². The highest BCUT2D eigenvalue weighted by Crippen LogP contribution is 2.45. The fourth-order valence-corrected chi connectivity index (χ4v) is 5.07. The second-order valence-corrected chi connectivity index (χ2v) is 8.16. The Hall–Kier alpha value is -0.310. The summed E-state index contributed by atoms with van der Waals surface area (Å²) in [5.74, 6) is 2.89. The van der Waals surface area contributed by atoms with Gasteiger partial charge in [-0.3, -0.25) is 0 Å². The number of rotatable bonds is 4. The van der Waals surface area contributed by atoms with Gasteiger partial charge in [0.05, 0.1) is 0 Å². The molecule has 0 spiro atoms. The number of halogens is 1. The topological polar surface area (TPSA) is 17.8 Å². The van der Waals surface area contributed by atoms with Crippen LogP contribution in [0.5, 0.6) is 0 Å². The lowest BCUT2D eigenvalue weighted by molar-refractivity contribution is 0.136. The number of aryl methyl sites for hydroxylation is 2. The fraction of sp³-hybridized carbons (Fsp3) is 0.812. The highest BCUT2D eigenvalue weighted by atomic mass is 79.9. The number of imidazole rings is 1. The zero-order chi connectivity index (χ0) is 14.0. The summed E-state index contributed by atoms with van der Waals surface area (Å²) in [5.41, 5.74) is 0.389. The summed E-state index contributed by atoms with van der Waals surface area (Å²) >= 11 is 3.94. The molecule has 3 unspecified atom stereocenters. The maximum absolute atomic E-state index is 4.45. The number of alkyl halides is 1. The smallest absolute Gasteiger partial charge is 0.108 e. The first-order valence-corrected chi connectivity index (χ1v) is 8.42. The first-order valence-electron chi connectivity index (χ1n) is 7.50. The number of hydrogen-bond donors (Lipinski definition) is 0. The standard InChI is InChI=1S/C16H27BrN2/c1-12-5-6-13(14(17)11-12)16(2,3)8-7-15-18-9-10-19(15)4/h9-10,12-14H,5-8,11H2,1-4H3. The molecule has 0 bridgehead atoms. The number of hydrogen-bond acceptors (Lipinski definition) is 1. The predicted molar refractivity (Wildman–Crippen MR) is 84.5 cm³/mol. The van der Waals surface area contributed by atoms with Gasteiger partial charge in [-0.2, -0.15) is 0 Å². The Morgan fingerprint density at radius 3 is 2.74 bits per heavy atom. The monoisotopic (exact) mass is 326 g/mol. The van der Waals surface area contributed by atoms with Gasteiger partial charge in [-0.05, 0) is 36.5 Å². The average Bonchev–Trinajstić information content (AvgIpc) is 2.72. The summed E-state index contributed by atoms with van der Waals surface area (Å²) in [6.07, 6.45) is 10.3. The van der Waals surface area contributed by atoms with Gasteiger partial charge < -0.3 is 4.57 Å². The van der Waals surface area contributed by atoms with E-state index in [2.05, 4.69) is 53.3 Å². The summed E-state index contributed by atoms with van der Waals surface area (Å²) in [6, 6.07) is 0. The van der Waals surface area contributed by atoms with E-state index >= 15 is 0 Å². The first-order chi connectivity index (χ1) is 8.90. The molecule has 0 aliphatic heterocycles. The minimum Gasteiger partial charge on any atom is -0.338 e. The molecular weight excluding hydrogens is 300 g/mol. The van der Waals surface area contributed by atoms with Gasteiger partial charge >= 0.3 is 0 Å². The number of aromatic nitrogens is 2. The van der Waals surface area contributed by atoms with E-state index in [1.54, 1.807) is 0 Å². The Morgan fingerprint density at radius 1 is 1.42 bits per heavy atom. The van der Waals surface area contributed by atoms with Crippen LogP contribution in [-0.2, 0) is 13.5 Å². The van der Waals surface area contributed by atoms with Crippen LogP contribution in [0.15, 0.2) is 12.4 Å². The van der Waals surface area contributed by atoms with Crippen LogP contribution >= 0.6 is 15.9 Å². The van der Waals surface area contributed by atoms with E-state index < -0.39 is 0 Å². The molecule has 1 aromatic heterocycles. The van der Waals surface area contributed by atoms with Crippen LogP contribution in [0.3, 0.4) is 0 Å². The third-order valence-electron chi connectivity index (χ3n) is 4.95. The van der Waals surface area contributed by atoms with Gasteiger partial charge in [0.2, 0.25) is 0 Å². The van der Waals surface area contributed by atoms with Crippen LogP contribution in [0.1, 0.15) is 52.3 Å². The summed E-state index contributed by atoms with van der Waals surface area (Å²) in [5, 5.41) is 0. The van der Waals surface area contributed by atoms with Crippen molar-refractivity contribution in [2.45, 2.75) is 57.7 Å². The first kappa shape index (κ1) is 15.1. The van der Waals surface area contributed by atoms with E-state index in [1.165, 1.54) is 31.5 Å². The van der Waals surface area contributed by atoms with Crippen molar-refractivity contribution in [3.8, 4) is 0 Å². The van der Waals surface area contributed by atoms with Crippen molar-refractivity contribution in [3.05, 3.63) is 18.2 Å². The van der Waals surface area contributed by atoms with Crippen molar-refractivity contribution >= 4 is 15.9 Å². The van der Waals surface area contributed by atoms with Gasteiger partial charge in [0.1, 0.15) is 5.82 Å². The molecule has 0 N–H and O–H groups in total. The van der Waals surface area contributed by atoms with Gasteiger partial charge in [-0.1, -0.05) is 43.1 Å². The third-order valence-corrected chi connectivity index (χ3v) is 5.96. The maximum Gasteiger partial charge on any atom is 0.108 e. The van der Waals surface area contributed by atoms with E-state index in [-0.39, 0.29) is 0 Å². The van der Waals surface area contributed by atoms with Gasteiger partial charge in [-0.15, -0.1) is 0 Å². The lowest BCUT2D eigenvalue weighted by Gasteiger charge is -2.42. The zero-order valence-corrected chi connectivity index (χ0v) is 14.3. The van der Waals surface area contributed by atoms with Crippen LogP contribution in [0.2, 0.25) is 0 Å². The lowest BCUT2D eigenvalue weighted by Crippen LogP contribution is -2.36. The van der Waals surface area contributed by atoms with E-state index in [9.17, 15) is 0 Å². The SMILES string of the molecule is CC1CCC(C(C)(C)CCc2nccn2C)C(Br)C1. The summed E-state index contributed by atoms with van der Waals surface area (Å²) < 4.78 is 2.14. The molecule has 0 amide bonds.